The molecule has 0 fully saturated rings. The maximum absolute atomic E-state index is 11.9. The van der Waals surface area contributed by atoms with Crippen LogP contribution in [-0.4, -0.2) is 27.5 Å². The van der Waals surface area contributed by atoms with E-state index in [0.29, 0.717) is 19.7 Å². The van der Waals surface area contributed by atoms with E-state index in [9.17, 15) is 4.79 Å². The quantitative estimate of drug-likeness (QED) is 0.771. The first-order valence-electron chi connectivity index (χ1n) is 8.07. The first kappa shape index (κ1) is 17.0. The molecule has 1 aromatic carbocycles. The third-order valence-corrected chi connectivity index (χ3v) is 3.72. The summed E-state index contributed by atoms with van der Waals surface area (Å²) < 4.78 is 7.34. The van der Waals surface area contributed by atoms with E-state index in [2.05, 4.69) is 15.6 Å². The van der Waals surface area contributed by atoms with Gasteiger partial charge >= 0.3 is 0 Å². The standard InChI is InChI=1S/C17H24N4O2/c1-3-14(4-2)17(22)18-12-15-13-21(20-19-15)10-11-23-16-8-6-5-7-9-16/h5-9,13-14H,3-4,10-12H2,1-2H3,(H,18,22). The highest BCUT2D eigenvalue weighted by molar-refractivity contribution is 5.78. The molecule has 6 heteroatoms. The number of nitrogens with zero attached hydrogens (tertiary/aromatic N) is 3. The predicted octanol–water partition coefficient (Wildman–Crippen LogP) is 2.41. The van der Waals surface area contributed by atoms with Crippen LogP contribution in [-0.2, 0) is 17.9 Å². The molecule has 0 radical (unpaired) electrons. The third kappa shape index (κ3) is 5.39. The molecule has 1 N–H and O–H groups in total. The molecule has 2 aromatic rings. The number of amides is 1. The maximum Gasteiger partial charge on any atom is 0.223 e. The van der Waals surface area contributed by atoms with Gasteiger partial charge in [-0.25, -0.2) is 4.68 Å². The number of hydrogen-bond donors (Lipinski definition) is 1. The van der Waals surface area contributed by atoms with Gasteiger partial charge < -0.3 is 10.1 Å². The molecule has 0 aliphatic heterocycles. The number of ether oxygens (including phenoxy) is 1. The van der Waals surface area contributed by atoms with Gasteiger partial charge in [0.25, 0.3) is 0 Å². The Kier molecular flexibility index (Phi) is 6.59. The zero-order valence-corrected chi connectivity index (χ0v) is 13.7. The van der Waals surface area contributed by atoms with E-state index in [1.807, 2.05) is 50.4 Å². The van der Waals surface area contributed by atoms with Crippen LogP contribution in [0.25, 0.3) is 0 Å². The van der Waals surface area contributed by atoms with Crippen LogP contribution in [0.3, 0.4) is 0 Å². The van der Waals surface area contributed by atoms with Gasteiger partial charge in [0.1, 0.15) is 18.1 Å². The monoisotopic (exact) mass is 316 g/mol. The zero-order valence-electron chi connectivity index (χ0n) is 13.7. The van der Waals surface area contributed by atoms with Crippen molar-refractivity contribution in [3.05, 3.63) is 42.2 Å². The summed E-state index contributed by atoms with van der Waals surface area (Å²) in [4.78, 5) is 11.9. The van der Waals surface area contributed by atoms with Gasteiger partial charge in [-0.05, 0) is 25.0 Å². The molecule has 1 aromatic heterocycles. The fourth-order valence-corrected chi connectivity index (χ4v) is 2.28. The second-order valence-electron chi connectivity index (χ2n) is 5.37. The largest absolute Gasteiger partial charge is 0.492 e. The number of aromatic nitrogens is 3. The lowest BCUT2D eigenvalue weighted by atomic mass is 10.0. The van der Waals surface area contributed by atoms with Crippen molar-refractivity contribution in [3.63, 3.8) is 0 Å². The topological polar surface area (TPSA) is 69.0 Å². The summed E-state index contributed by atoms with van der Waals surface area (Å²) in [5, 5.41) is 11.0. The Hall–Kier alpha value is -2.37. The minimum absolute atomic E-state index is 0.0734. The van der Waals surface area contributed by atoms with Crippen molar-refractivity contribution in [2.45, 2.75) is 39.8 Å². The third-order valence-electron chi connectivity index (χ3n) is 3.72. The van der Waals surface area contributed by atoms with E-state index in [-0.39, 0.29) is 11.8 Å². The van der Waals surface area contributed by atoms with Gasteiger partial charge in [-0.3, -0.25) is 4.79 Å². The van der Waals surface area contributed by atoms with E-state index < -0.39 is 0 Å². The Morgan fingerprint density at radius 3 is 2.70 bits per heavy atom. The minimum atomic E-state index is 0.0734. The van der Waals surface area contributed by atoms with Crippen LogP contribution in [0.5, 0.6) is 5.75 Å². The number of para-hydroxylation sites is 1. The molecule has 0 saturated carbocycles. The van der Waals surface area contributed by atoms with Crippen molar-refractivity contribution in [2.24, 2.45) is 5.92 Å². The Morgan fingerprint density at radius 1 is 1.26 bits per heavy atom. The van der Waals surface area contributed by atoms with E-state index in [1.165, 1.54) is 0 Å². The van der Waals surface area contributed by atoms with Crippen molar-refractivity contribution in [2.75, 3.05) is 6.61 Å². The Labute approximate surface area is 136 Å². The molecule has 0 aliphatic carbocycles. The molecule has 1 amide bonds. The number of benzene rings is 1. The second kappa shape index (κ2) is 8.92. The van der Waals surface area contributed by atoms with Crippen LogP contribution in [0.1, 0.15) is 32.4 Å². The average Bonchev–Trinajstić information content (AvgIpc) is 3.03. The fraction of sp³-hybridized carbons (Fsp3) is 0.471. The molecule has 6 nitrogen and oxygen atoms in total. The molecule has 0 saturated heterocycles. The van der Waals surface area contributed by atoms with Crippen LogP contribution in [0, 0.1) is 5.92 Å². The fourth-order valence-electron chi connectivity index (χ4n) is 2.28. The molecule has 0 unspecified atom stereocenters. The molecule has 1 heterocycles. The van der Waals surface area contributed by atoms with E-state index in [1.54, 1.807) is 4.68 Å². The lowest BCUT2D eigenvalue weighted by Gasteiger charge is -2.11. The van der Waals surface area contributed by atoms with Gasteiger partial charge in [0.2, 0.25) is 5.91 Å². The van der Waals surface area contributed by atoms with Crippen molar-refractivity contribution in [1.29, 1.82) is 0 Å². The highest BCUT2D eigenvalue weighted by Crippen LogP contribution is 2.08. The SMILES string of the molecule is CCC(CC)C(=O)NCc1cn(CCOc2ccccc2)nn1. The van der Waals surface area contributed by atoms with Crippen molar-refractivity contribution in [3.8, 4) is 5.75 Å². The lowest BCUT2D eigenvalue weighted by molar-refractivity contribution is -0.125. The van der Waals surface area contributed by atoms with Crippen LogP contribution in [0.4, 0.5) is 0 Å². The highest BCUT2D eigenvalue weighted by Gasteiger charge is 2.13. The number of carbonyl (C=O) groups excluding carboxylic acids is 1. The molecule has 23 heavy (non-hydrogen) atoms. The molecule has 0 bridgehead atoms. The van der Waals surface area contributed by atoms with Crippen molar-refractivity contribution < 1.29 is 9.53 Å². The van der Waals surface area contributed by atoms with Gasteiger partial charge in [-0.1, -0.05) is 37.3 Å². The molecular formula is C17H24N4O2. The molecule has 124 valence electrons. The number of carbonyl (C=O) groups is 1. The van der Waals surface area contributed by atoms with Gasteiger partial charge in [-0.15, -0.1) is 5.10 Å². The van der Waals surface area contributed by atoms with Crippen LogP contribution in [0.15, 0.2) is 36.5 Å². The highest BCUT2D eigenvalue weighted by atomic mass is 16.5. The molecule has 0 atom stereocenters. The molecule has 2 rings (SSSR count). The van der Waals surface area contributed by atoms with Gasteiger partial charge in [0.05, 0.1) is 19.3 Å². The van der Waals surface area contributed by atoms with E-state index >= 15 is 0 Å². The zero-order chi connectivity index (χ0) is 16.5. The summed E-state index contributed by atoms with van der Waals surface area (Å²) >= 11 is 0. The van der Waals surface area contributed by atoms with Gasteiger partial charge in [0.15, 0.2) is 0 Å². The van der Waals surface area contributed by atoms with Crippen LogP contribution >= 0.6 is 0 Å². The Bertz CT molecular complexity index is 594. The number of nitrogens with one attached hydrogen (secondary N) is 1. The van der Waals surface area contributed by atoms with Crippen molar-refractivity contribution in [1.82, 2.24) is 20.3 Å². The Morgan fingerprint density at radius 2 is 2.00 bits per heavy atom. The molecular weight excluding hydrogens is 292 g/mol. The summed E-state index contributed by atoms with van der Waals surface area (Å²) in [6.07, 6.45) is 3.54. The van der Waals surface area contributed by atoms with Gasteiger partial charge in [0, 0.05) is 5.92 Å². The first-order chi connectivity index (χ1) is 11.2. The normalized spacial score (nSPS) is 10.7. The summed E-state index contributed by atoms with van der Waals surface area (Å²) in [7, 11) is 0. The first-order valence-corrected chi connectivity index (χ1v) is 8.07. The summed E-state index contributed by atoms with van der Waals surface area (Å²) in [5.74, 6) is 0.992. The molecule has 0 aliphatic rings. The maximum atomic E-state index is 11.9. The van der Waals surface area contributed by atoms with Crippen LogP contribution < -0.4 is 10.1 Å². The van der Waals surface area contributed by atoms with E-state index in [0.717, 1.165) is 24.3 Å². The minimum Gasteiger partial charge on any atom is -0.492 e. The lowest BCUT2D eigenvalue weighted by Crippen LogP contribution is -2.29. The van der Waals surface area contributed by atoms with Crippen LogP contribution in [0.2, 0.25) is 0 Å². The average molecular weight is 316 g/mol. The number of rotatable bonds is 9. The van der Waals surface area contributed by atoms with Gasteiger partial charge in [-0.2, -0.15) is 0 Å². The smallest absolute Gasteiger partial charge is 0.223 e. The predicted molar refractivity (Wildman–Crippen MR) is 87.9 cm³/mol. The Balaban J connectivity index is 1.74. The summed E-state index contributed by atoms with van der Waals surface area (Å²) in [6, 6.07) is 9.66. The number of hydrogen-bond acceptors (Lipinski definition) is 4. The summed E-state index contributed by atoms with van der Waals surface area (Å²) in [6.45, 7) is 5.59. The molecule has 0 spiro atoms. The second-order valence-corrected chi connectivity index (χ2v) is 5.37. The van der Waals surface area contributed by atoms with E-state index in [4.69, 9.17) is 4.74 Å². The van der Waals surface area contributed by atoms with Crippen molar-refractivity contribution >= 4 is 5.91 Å². The summed E-state index contributed by atoms with van der Waals surface area (Å²) in [5.41, 5.74) is 0.754.